The maximum atomic E-state index is 12.7. The van der Waals surface area contributed by atoms with E-state index in [1.165, 1.54) is 5.56 Å². The van der Waals surface area contributed by atoms with Gasteiger partial charge in [-0.2, -0.15) is 0 Å². The Morgan fingerprint density at radius 2 is 1.93 bits per heavy atom. The number of anilines is 1. The molecule has 1 aromatic carbocycles. The number of morpholine rings is 1. The average Bonchev–Trinajstić information content (AvgIpc) is 2.69. The van der Waals surface area contributed by atoms with Crippen LogP contribution in [0, 0.1) is 0 Å². The third-order valence-electron chi connectivity index (χ3n) is 5.50. The van der Waals surface area contributed by atoms with Crippen molar-refractivity contribution < 1.29 is 9.47 Å². The molecule has 0 saturated carbocycles. The molecule has 7 heteroatoms. The van der Waals surface area contributed by atoms with E-state index in [1.807, 2.05) is 19.1 Å². The lowest BCUT2D eigenvalue weighted by Crippen LogP contribution is -2.47. The van der Waals surface area contributed by atoms with Crippen molar-refractivity contribution in [2.24, 2.45) is 0 Å². The van der Waals surface area contributed by atoms with Gasteiger partial charge in [-0.3, -0.25) is 14.7 Å². The molecule has 0 aliphatic carbocycles. The number of hydrogen-bond acceptors (Lipinski definition) is 6. The van der Waals surface area contributed by atoms with Crippen molar-refractivity contribution in [3.05, 3.63) is 51.4 Å². The third kappa shape index (κ3) is 4.62. The summed E-state index contributed by atoms with van der Waals surface area (Å²) in [4.78, 5) is 25.0. The zero-order valence-electron chi connectivity index (χ0n) is 17.5. The van der Waals surface area contributed by atoms with E-state index in [2.05, 4.69) is 40.8 Å². The van der Waals surface area contributed by atoms with Gasteiger partial charge in [-0.25, -0.2) is 4.98 Å². The van der Waals surface area contributed by atoms with Gasteiger partial charge in [0.1, 0.15) is 5.75 Å². The van der Waals surface area contributed by atoms with Crippen LogP contribution in [-0.4, -0.2) is 53.3 Å². The van der Waals surface area contributed by atoms with Crippen molar-refractivity contribution in [2.45, 2.75) is 52.5 Å². The Morgan fingerprint density at radius 3 is 2.62 bits per heavy atom. The monoisotopic (exact) mass is 398 g/mol. The van der Waals surface area contributed by atoms with Crippen LogP contribution in [0.2, 0.25) is 0 Å². The van der Waals surface area contributed by atoms with Gasteiger partial charge in [-0.05, 0) is 44.9 Å². The highest BCUT2D eigenvalue weighted by atomic mass is 16.5. The third-order valence-corrected chi connectivity index (χ3v) is 5.50. The molecule has 0 radical (unpaired) electrons. The standard InChI is InChI=1S/C22H30N4O3/c1-4-28-18-7-5-17(6-8-18)13-25-10-9-19-20(14-25)23-22(24-21(19)27)26-11-15(2)29-16(3)12-26/h5-8,15-16H,4,9-14H2,1-3H3,(H,23,24,27)/t15-,16-/m0/s1. The number of benzene rings is 1. The first-order valence-electron chi connectivity index (χ1n) is 10.5. The average molecular weight is 399 g/mol. The van der Waals surface area contributed by atoms with Gasteiger partial charge in [0.25, 0.3) is 5.56 Å². The Bertz CT molecular complexity index is 886. The highest BCUT2D eigenvalue weighted by molar-refractivity contribution is 5.35. The van der Waals surface area contributed by atoms with Crippen molar-refractivity contribution in [1.29, 1.82) is 0 Å². The predicted octanol–water partition coefficient (Wildman–Crippen LogP) is 2.34. The van der Waals surface area contributed by atoms with Crippen molar-refractivity contribution in [2.75, 3.05) is 31.1 Å². The van der Waals surface area contributed by atoms with Crippen molar-refractivity contribution >= 4 is 5.95 Å². The molecule has 0 spiro atoms. The summed E-state index contributed by atoms with van der Waals surface area (Å²) < 4.78 is 11.3. The molecule has 29 heavy (non-hydrogen) atoms. The smallest absolute Gasteiger partial charge is 0.255 e. The zero-order valence-corrected chi connectivity index (χ0v) is 17.5. The fourth-order valence-corrected chi connectivity index (χ4v) is 4.23. The second kappa shape index (κ2) is 8.55. The first kappa shape index (κ1) is 19.9. The van der Waals surface area contributed by atoms with Crippen LogP contribution >= 0.6 is 0 Å². The summed E-state index contributed by atoms with van der Waals surface area (Å²) in [5.74, 6) is 1.56. The Labute approximate surface area is 171 Å². The Kier molecular flexibility index (Phi) is 5.87. The van der Waals surface area contributed by atoms with Crippen LogP contribution in [0.4, 0.5) is 5.95 Å². The van der Waals surface area contributed by atoms with Crippen molar-refractivity contribution in [3.63, 3.8) is 0 Å². The lowest BCUT2D eigenvalue weighted by molar-refractivity contribution is -0.00576. The molecule has 4 rings (SSSR count). The number of aromatic amines is 1. The number of hydrogen-bond donors (Lipinski definition) is 1. The second-order valence-corrected chi connectivity index (χ2v) is 8.01. The molecule has 2 aliphatic rings. The number of fused-ring (bicyclic) bond motifs is 1. The largest absolute Gasteiger partial charge is 0.494 e. The highest BCUT2D eigenvalue weighted by Crippen LogP contribution is 2.21. The predicted molar refractivity (Wildman–Crippen MR) is 113 cm³/mol. The molecule has 0 amide bonds. The SMILES string of the molecule is CCOc1ccc(CN2CCc3c(nc(N4C[C@H](C)O[C@@H](C)C4)[nH]c3=O)C2)cc1. The number of H-pyrrole nitrogens is 1. The highest BCUT2D eigenvalue weighted by Gasteiger charge is 2.27. The molecule has 156 valence electrons. The van der Waals surface area contributed by atoms with E-state index in [4.69, 9.17) is 14.5 Å². The molecular weight excluding hydrogens is 368 g/mol. The van der Waals surface area contributed by atoms with Gasteiger partial charge >= 0.3 is 0 Å². The Balaban J connectivity index is 1.49. The zero-order chi connectivity index (χ0) is 20.4. The molecule has 1 saturated heterocycles. The van der Waals surface area contributed by atoms with Crippen molar-refractivity contribution in [1.82, 2.24) is 14.9 Å². The maximum Gasteiger partial charge on any atom is 0.255 e. The normalized spacial score (nSPS) is 22.4. The quantitative estimate of drug-likeness (QED) is 0.834. The fraction of sp³-hybridized carbons (Fsp3) is 0.545. The van der Waals surface area contributed by atoms with E-state index in [1.54, 1.807) is 0 Å². The van der Waals surface area contributed by atoms with E-state index >= 15 is 0 Å². The number of nitrogens with zero attached hydrogens (tertiary/aromatic N) is 3. The summed E-state index contributed by atoms with van der Waals surface area (Å²) in [6.07, 6.45) is 0.970. The molecule has 1 fully saturated rings. The van der Waals surface area contributed by atoms with E-state index in [0.29, 0.717) is 19.1 Å². The van der Waals surface area contributed by atoms with Gasteiger partial charge in [0.05, 0.1) is 24.5 Å². The molecule has 2 aromatic rings. The number of rotatable bonds is 5. The molecule has 3 heterocycles. The van der Waals surface area contributed by atoms with Crippen LogP contribution in [0.5, 0.6) is 5.75 Å². The Hall–Kier alpha value is -2.38. The molecule has 2 atom stereocenters. The lowest BCUT2D eigenvalue weighted by Gasteiger charge is -2.36. The summed E-state index contributed by atoms with van der Waals surface area (Å²) in [7, 11) is 0. The van der Waals surface area contributed by atoms with Crippen LogP contribution in [0.3, 0.4) is 0 Å². The van der Waals surface area contributed by atoms with Gasteiger partial charge < -0.3 is 14.4 Å². The van der Waals surface area contributed by atoms with Gasteiger partial charge in [-0.15, -0.1) is 0 Å². The minimum Gasteiger partial charge on any atom is -0.494 e. The minimum atomic E-state index is -0.00230. The molecule has 0 unspecified atom stereocenters. The molecule has 7 nitrogen and oxygen atoms in total. The van der Waals surface area contributed by atoms with Crippen LogP contribution in [0.15, 0.2) is 29.1 Å². The summed E-state index contributed by atoms with van der Waals surface area (Å²) in [5.41, 5.74) is 2.95. The number of ether oxygens (including phenoxy) is 2. The van der Waals surface area contributed by atoms with Crippen LogP contribution in [0.25, 0.3) is 0 Å². The Morgan fingerprint density at radius 1 is 1.21 bits per heavy atom. The number of nitrogens with one attached hydrogen (secondary N) is 1. The van der Waals surface area contributed by atoms with Gasteiger partial charge in [0.15, 0.2) is 0 Å². The van der Waals surface area contributed by atoms with Gasteiger partial charge in [-0.1, -0.05) is 12.1 Å². The fourth-order valence-electron chi connectivity index (χ4n) is 4.23. The van der Waals surface area contributed by atoms with Crippen LogP contribution in [-0.2, 0) is 24.2 Å². The van der Waals surface area contributed by atoms with Crippen LogP contribution in [0.1, 0.15) is 37.6 Å². The first-order chi connectivity index (χ1) is 14.0. The maximum absolute atomic E-state index is 12.7. The molecule has 1 aromatic heterocycles. The van der Waals surface area contributed by atoms with Crippen LogP contribution < -0.4 is 15.2 Å². The molecule has 2 aliphatic heterocycles. The van der Waals surface area contributed by atoms with E-state index in [9.17, 15) is 4.79 Å². The minimum absolute atomic E-state index is 0.00230. The van der Waals surface area contributed by atoms with Crippen molar-refractivity contribution in [3.8, 4) is 5.75 Å². The topological polar surface area (TPSA) is 70.7 Å². The summed E-state index contributed by atoms with van der Waals surface area (Å²) >= 11 is 0. The second-order valence-electron chi connectivity index (χ2n) is 8.01. The molecule has 0 bridgehead atoms. The summed E-state index contributed by atoms with van der Waals surface area (Å²) in [5, 5.41) is 0. The lowest BCUT2D eigenvalue weighted by atomic mass is 10.1. The van der Waals surface area contributed by atoms with Gasteiger partial charge in [0.2, 0.25) is 5.95 Å². The first-order valence-corrected chi connectivity index (χ1v) is 10.5. The van der Waals surface area contributed by atoms with E-state index < -0.39 is 0 Å². The summed E-state index contributed by atoms with van der Waals surface area (Å²) in [6, 6.07) is 8.23. The molecular formula is C22H30N4O3. The van der Waals surface area contributed by atoms with E-state index in [-0.39, 0.29) is 17.8 Å². The summed E-state index contributed by atoms with van der Waals surface area (Å²) in [6.45, 7) is 10.6. The van der Waals surface area contributed by atoms with E-state index in [0.717, 1.165) is 49.6 Å². The molecule has 1 N–H and O–H groups in total. The van der Waals surface area contributed by atoms with Gasteiger partial charge in [0, 0.05) is 38.3 Å². The number of aromatic nitrogens is 2.